The van der Waals surface area contributed by atoms with Gasteiger partial charge in [-0.1, -0.05) is 33.7 Å². The van der Waals surface area contributed by atoms with Gasteiger partial charge in [-0.05, 0) is 30.5 Å². The van der Waals surface area contributed by atoms with E-state index in [1.54, 1.807) is 24.3 Å². The number of carbonyl (C=O) groups is 9. The highest BCUT2D eigenvalue weighted by molar-refractivity contribution is 8.76. The summed E-state index contributed by atoms with van der Waals surface area (Å²) in [7, 11) is 2.28. The number of nitrogens with zero attached hydrogens (tertiary/aromatic N) is 1. The van der Waals surface area contributed by atoms with E-state index in [-0.39, 0.29) is 37.7 Å². The van der Waals surface area contributed by atoms with Crippen LogP contribution in [0, 0.1) is 11.8 Å². The molecule has 0 radical (unpaired) electrons. The Balaban J connectivity index is 3.10. The summed E-state index contributed by atoms with van der Waals surface area (Å²) < 4.78 is 4.67. The smallest absolute Gasteiger partial charge is 0.307 e. The summed E-state index contributed by atoms with van der Waals surface area (Å²) in [6.07, 6.45) is -4.31. The molecule has 0 saturated carbocycles. The van der Waals surface area contributed by atoms with Gasteiger partial charge in [0.15, 0.2) is 17.5 Å². The number of carbonyl (C=O) groups excluding carboxylic acids is 5. The van der Waals surface area contributed by atoms with E-state index >= 15 is 0 Å². The minimum absolute atomic E-state index is 0.00205. The van der Waals surface area contributed by atoms with Gasteiger partial charge < -0.3 is 53.0 Å². The second-order valence-electron chi connectivity index (χ2n) is 11.5. The van der Waals surface area contributed by atoms with Gasteiger partial charge in [0.05, 0.1) is 49.2 Å². The van der Waals surface area contributed by atoms with Crippen molar-refractivity contribution in [2.75, 3.05) is 12.3 Å². The van der Waals surface area contributed by atoms with Gasteiger partial charge in [0.1, 0.15) is 6.61 Å². The standard InChI is InChI=1S/C31H42N6O14S2/c32-20(11-26(43)44)29(48)36-21(2-1-7-35-31(33)34)23(39)8-17(10-25(41)42)28(47)37-22(12-27(45)46)24(40)9-18(30(49)50)14-52-53-19-5-3-16(4-6-19)13-51-15-38/h3-6,15,17-18,20-22H,1-2,7-14,32H2,(H,36,48)(H,37,47)(H,41,42)(H,43,44)(H,45,46)(H,49,50)(H4,33,34,35)/t17-,18-,20-,21-,22-/m0/s1. The number of benzene rings is 1. The normalized spacial score (nSPS) is 13.5. The molecule has 0 aliphatic heterocycles. The van der Waals surface area contributed by atoms with Crippen LogP contribution in [0.1, 0.15) is 50.5 Å². The van der Waals surface area contributed by atoms with E-state index in [4.69, 9.17) is 22.3 Å². The monoisotopic (exact) mass is 786 g/mol. The Morgan fingerprint density at radius 2 is 1.34 bits per heavy atom. The topological polar surface area (TPSA) is 358 Å². The van der Waals surface area contributed by atoms with Gasteiger partial charge in [-0.2, -0.15) is 0 Å². The number of nitrogens with two attached hydrogens (primary N) is 3. The molecule has 0 aliphatic carbocycles. The van der Waals surface area contributed by atoms with E-state index < -0.39 is 109 Å². The Labute approximate surface area is 310 Å². The molecule has 0 unspecified atom stereocenters. The zero-order chi connectivity index (χ0) is 40.1. The SMILES string of the molecule is NC(N)=NCCC[C@H](NC(=O)[C@@H](N)CC(=O)O)C(=O)C[C@@H](CC(=O)O)C(=O)N[C@@H](CC(=O)O)C(=O)C[C@@H](CSSc1ccc(COC=O)cc1)C(=O)O. The molecule has 2 amide bonds. The molecule has 5 atom stereocenters. The third-order valence-corrected chi connectivity index (χ3v) is 9.63. The molecule has 12 N–H and O–H groups in total. The summed E-state index contributed by atoms with van der Waals surface area (Å²) in [5.74, 6) is -13.3. The molecule has 1 rings (SSSR count). The average molecular weight is 787 g/mol. The third-order valence-electron chi connectivity index (χ3n) is 7.17. The van der Waals surface area contributed by atoms with Crippen LogP contribution in [-0.4, -0.2) is 111 Å². The number of aliphatic imine (C=N–C) groups is 1. The van der Waals surface area contributed by atoms with Crippen molar-refractivity contribution >= 4 is 81.3 Å². The van der Waals surface area contributed by atoms with Gasteiger partial charge in [0.2, 0.25) is 11.8 Å². The molecule has 0 aromatic heterocycles. The first-order valence-electron chi connectivity index (χ1n) is 15.7. The molecule has 0 heterocycles. The van der Waals surface area contributed by atoms with Crippen LogP contribution in [0.25, 0.3) is 0 Å². The number of carboxylic acids is 4. The predicted molar refractivity (Wildman–Crippen MR) is 188 cm³/mol. The van der Waals surface area contributed by atoms with Crippen LogP contribution in [0.15, 0.2) is 34.2 Å². The van der Waals surface area contributed by atoms with Crippen LogP contribution in [-0.2, 0) is 54.5 Å². The van der Waals surface area contributed by atoms with Gasteiger partial charge in [-0.3, -0.25) is 48.1 Å². The van der Waals surface area contributed by atoms with E-state index in [0.29, 0.717) is 16.9 Å². The summed E-state index contributed by atoms with van der Waals surface area (Å²) >= 11 is 0. The molecule has 0 bridgehead atoms. The van der Waals surface area contributed by atoms with Crippen molar-refractivity contribution in [2.24, 2.45) is 34.0 Å². The van der Waals surface area contributed by atoms with Crippen molar-refractivity contribution in [2.45, 2.75) is 74.6 Å². The molecule has 53 heavy (non-hydrogen) atoms. The Morgan fingerprint density at radius 3 is 1.89 bits per heavy atom. The maximum absolute atomic E-state index is 13.3. The van der Waals surface area contributed by atoms with E-state index in [2.05, 4.69) is 20.4 Å². The van der Waals surface area contributed by atoms with Crippen LogP contribution in [0.3, 0.4) is 0 Å². The summed E-state index contributed by atoms with van der Waals surface area (Å²) in [6.45, 7) is 0.375. The molecule has 1 aromatic carbocycles. The van der Waals surface area contributed by atoms with Crippen molar-refractivity contribution < 1.29 is 68.3 Å². The van der Waals surface area contributed by atoms with Crippen molar-refractivity contribution in [3.63, 3.8) is 0 Å². The number of aliphatic carboxylic acids is 4. The highest BCUT2D eigenvalue weighted by atomic mass is 33.1. The van der Waals surface area contributed by atoms with Crippen molar-refractivity contribution in [3.8, 4) is 0 Å². The number of Topliss-reactive ketones (excluding diaryl/α,β-unsaturated/α-hetero) is 2. The zero-order valence-corrected chi connectivity index (χ0v) is 29.8. The van der Waals surface area contributed by atoms with Gasteiger partial charge >= 0.3 is 23.9 Å². The van der Waals surface area contributed by atoms with Crippen LogP contribution >= 0.6 is 21.6 Å². The van der Waals surface area contributed by atoms with E-state index in [1.165, 1.54) is 10.8 Å². The number of nitrogens with one attached hydrogen (secondary N) is 2. The highest BCUT2D eigenvalue weighted by Gasteiger charge is 2.34. The summed E-state index contributed by atoms with van der Waals surface area (Å²) in [4.78, 5) is 114. The van der Waals surface area contributed by atoms with Crippen molar-refractivity contribution in [1.82, 2.24) is 10.6 Å². The summed E-state index contributed by atoms with van der Waals surface area (Å²) in [5, 5.41) is 42.0. The molecule has 0 spiro atoms. The Kier molecular flexibility index (Phi) is 20.8. The Hall–Kier alpha value is -5.22. The molecule has 0 saturated heterocycles. The number of carboxylic acid groups (broad SMARTS) is 4. The number of hydrogen-bond donors (Lipinski definition) is 9. The fraction of sp³-hybridized carbons (Fsp3) is 0.484. The predicted octanol–water partition coefficient (Wildman–Crippen LogP) is -0.890. The van der Waals surface area contributed by atoms with Crippen molar-refractivity contribution in [1.29, 1.82) is 0 Å². The summed E-state index contributed by atoms with van der Waals surface area (Å²) in [6, 6.07) is 2.03. The fourth-order valence-corrected chi connectivity index (χ4v) is 6.81. The first-order chi connectivity index (χ1) is 24.9. The lowest BCUT2D eigenvalue weighted by atomic mass is 9.91. The first-order valence-corrected chi connectivity index (χ1v) is 18.0. The summed E-state index contributed by atoms with van der Waals surface area (Å²) in [5.41, 5.74) is 16.9. The maximum Gasteiger partial charge on any atom is 0.307 e. The quantitative estimate of drug-likeness (QED) is 0.0163. The Morgan fingerprint density at radius 1 is 0.774 bits per heavy atom. The van der Waals surface area contributed by atoms with Gasteiger partial charge in [-0.25, -0.2) is 0 Å². The number of ether oxygens (including phenoxy) is 1. The number of rotatable bonds is 28. The highest BCUT2D eigenvalue weighted by Crippen LogP contribution is 2.33. The fourth-order valence-electron chi connectivity index (χ4n) is 4.50. The molecule has 0 aliphatic rings. The second kappa shape index (κ2) is 24.1. The minimum Gasteiger partial charge on any atom is -0.481 e. The van der Waals surface area contributed by atoms with Gasteiger partial charge in [0.25, 0.3) is 6.47 Å². The largest absolute Gasteiger partial charge is 0.481 e. The Bertz CT molecular complexity index is 1510. The number of amides is 2. The lowest BCUT2D eigenvalue weighted by molar-refractivity contribution is -0.145. The number of hydrogen-bond acceptors (Lipinski definition) is 14. The van der Waals surface area contributed by atoms with Crippen molar-refractivity contribution in [3.05, 3.63) is 29.8 Å². The zero-order valence-electron chi connectivity index (χ0n) is 28.2. The van der Waals surface area contributed by atoms with E-state index in [1.807, 2.05) is 0 Å². The van der Waals surface area contributed by atoms with Gasteiger partial charge in [0, 0.05) is 30.0 Å². The van der Waals surface area contributed by atoms with Gasteiger partial charge in [-0.15, -0.1) is 0 Å². The average Bonchev–Trinajstić information content (AvgIpc) is 3.06. The molecular formula is C31H42N6O14S2. The maximum atomic E-state index is 13.3. The molecule has 1 aromatic rings. The molecular weight excluding hydrogens is 745 g/mol. The van der Waals surface area contributed by atoms with E-state index in [0.717, 1.165) is 10.8 Å². The third kappa shape index (κ3) is 19.3. The van der Waals surface area contributed by atoms with Crippen LogP contribution in [0.4, 0.5) is 0 Å². The van der Waals surface area contributed by atoms with Crippen LogP contribution in [0.5, 0.6) is 0 Å². The second-order valence-corrected chi connectivity index (χ2v) is 13.9. The minimum atomic E-state index is -1.80. The van der Waals surface area contributed by atoms with Crippen LogP contribution < -0.4 is 27.8 Å². The number of guanidine groups is 1. The molecule has 20 nitrogen and oxygen atoms in total. The molecule has 292 valence electrons. The number of ketones is 2. The lowest BCUT2D eigenvalue weighted by Crippen LogP contribution is -2.50. The van der Waals surface area contributed by atoms with E-state index in [9.17, 15) is 58.5 Å². The lowest BCUT2D eigenvalue weighted by Gasteiger charge is -2.24. The van der Waals surface area contributed by atoms with Crippen LogP contribution in [0.2, 0.25) is 0 Å². The molecule has 22 heteroatoms. The molecule has 0 fully saturated rings. The first kappa shape index (κ1) is 45.8.